The highest BCUT2D eigenvalue weighted by atomic mass is 32.1. The molecule has 0 saturated heterocycles. The van der Waals surface area contributed by atoms with Crippen molar-refractivity contribution in [3.8, 4) is 11.4 Å². The molecule has 0 aliphatic carbocycles. The summed E-state index contributed by atoms with van der Waals surface area (Å²) < 4.78 is 10.2. The number of carbonyl (C=O) groups excluding carboxylic acids is 1. The number of nitrogens with zero attached hydrogens (tertiary/aromatic N) is 4. The van der Waals surface area contributed by atoms with Crippen LogP contribution in [0.15, 0.2) is 41.1 Å². The van der Waals surface area contributed by atoms with Gasteiger partial charge in [-0.25, -0.2) is 9.78 Å². The van der Waals surface area contributed by atoms with Crippen molar-refractivity contribution in [2.75, 3.05) is 25.0 Å². The van der Waals surface area contributed by atoms with Gasteiger partial charge in [-0.1, -0.05) is 17.3 Å². The van der Waals surface area contributed by atoms with Crippen LogP contribution in [0.4, 0.5) is 5.82 Å². The standard InChI is InChI=1S/C23H23N5O3S/c1-3-30-23(29)19-11-17-12-28(13-20(17)32-19)9-8-25-22-18-10-16(21-26-14(2)31-27-21)5-4-15(18)6-7-24-22/h4-7,10-11H,3,8-9,12-13H2,1-2H3,(H,24,25). The van der Waals surface area contributed by atoms with Crippen LogP contribution in [0.5, 0.6) is 0 Å². The predicted molar refractivity (Wildman–Crippen MR) is 123 cm³/mol. The lowest BCUT2D eigenvalue weighted by molar-refractivity contribution is 0.0532. The van der Waals surface area contributed by atoms with Crippen LogP contribution in [-0.2, 0) is 17.8 Å². The highest BCUT2D eigenvalue weighted by molar-refractivity contribution is 7.14. The quantitative estimate of drug-likeness (QED) is 0.418. The summed E-state index contributed by atoms with van der Waals surface area (Å²) in [6.45, 7) is 7.34. The summed E-state index contributed by atoms with van der Waals surface area (Å²) in [6, 6.07) is 10.0. The van der Waals surface area contributed by atoms with Crippen LogP contribution in [0, 0.1) is 6.92 Å². The lowest BCUT2D eigenvalue weighted by Crippen LogP contribution is -2.24. The van der Waals surface area contributed by atoms with Crippen LogP contribution in [0.2, 0.25) is 0 Å². The summed E-state index contributed by atoms with van der Waals surface area (Å²) in [5.41, 5.74) is 2.12. The van der Waals surface area contributed by atoms with Gasteiger partial charge in [-0.15, -0.1) is 11.3 Å². The molecule has 1 N–H and O–H groups in total. The first kappa shape index (κ1) is 20.6. The van der Waals surface area contributed by atoms with E-state index in [2.05, 4.69) is 25.3 Å². The molecule has 0 saturated carbocycles. The number of fused-ring (bicyclic) bond motifs is 2. The molecular weight excluding hydrogens is 426 g/mol. The Bertz CT molecular complexity index is 1260. The Kier molecular flexibility index (Phi) is 5.59. The van der Waals surface area contributed by atoms with Crippen LogP contribution >= 0.6 is 11.3 Å². The van der Waals surface area contributed by atoms with Crippen molar-refractivity contribution in [3.63, 3.8) is 0 Å². The van der Waals surface area contributed by atoms with Gasteiger partial charge in [0, 0.05) is 55.1 Å². The smallest absolute Gasteiger partial charge is 0.348 e. The summed E-state index contributed by atoms with van der Waals surface area (Å²) in [7, 11) is 0. The fourth-order valence-electron chi connectivity index (χ4n) is 3.89. The number of nitrogens with one attached hydrogen (secondary N) is 1. The molecule has 164 valence electrons. The number of carbonyl (C=O) groups is 1. The normalized spacial score (nSPS) is 13.4. The Balaban J connectivity index is 1.23. The van der Waals surface area contributed by atoms with Crippen LogP contribution in [0.3, 0.4) is 0 Å². The fraction of sp³-hybridized carbons (Fsp3) is 0.304. The van der Waals surface area contributed by atoms with Gasteiger partial charge in [0.05, 0.1) is 6.61 Å². The molecule has 0 bridgehead atoms. The molecule has 9 heteroatoms. The van der Waals surface area contributed by atoms with Crippen LogP contribution < -0.4 is 5.32 Å². The van der Waals surface area contributed by atoms with Crippen LogP contribution in [0.1, 0.15) is 32.9 Å². The van der Waals surface area contributed by atoms with E-state index in [-0.39, 0.29) is 5.97 Å². The third-order valence-corrected chi connectivity index (χ3v) is 6.55. The van der Waals surface area contributed by atoms with Gasteiger partial charge in [-0.2, -0.15) is 4.98 Å². The van der Waals surface area contributed by atoms with Crippen molar-refractivity contribution in [3.05, 3.63) is 57.7 Å². The third kappa shape index (κ3) is 4.09. The number of thiophene rings is 1. The van der Waals surface area contributed by atoms with Gasteiger partial charge in [0.25, 0.3) is 0 Å². The Hall–Kier alpha value is -3.30. The lowest BCUT2D eigenvalue weighted by atomic mass is 10.1. The van der Waals surface area contributed by atoms with Crippen molar-refractivity contribution in [2.24, 2.45) is 0 Å². The Morgan fingerprint density at radius 1 is 1.28 bits per heavy atom. The van der Waals surface area contributed by atoms with E-state index in [0.29, 0.717) is 23.2 Å². The molecule has 0 atom stereocenters. The molecule has 0 unspecified atom stereocenters. The minimum Gasteiger partial charge on any atom is -0.462 e. The zero-order chi connectivity index (χ0) is 22.1. The van der Waals surface area contributed by atoms with E-state index >= 15 is 0 Å². The van der Waals surface area contributed by atoms with E-state index in [0.717, 1.165) is 48.3 Å². The lowest BCUT2D eigenvalue weighted by Gasteiger charge is -2.16. The van der Waals surface area contributed by atoms with E-state index in [1.54, 1.807) is 6.92 Å². The number of esters is 1. The first-order chi connectivity index (χ1) is 15.6. The van der Waals surface area contributed by atoms with Crippen LogP contribution in [0.25, 0.3) is 22.2 Å². The van der Waals surface area contributed by atoms with Crippen molar-refractivity contribution in [1.82, 2.24) is 20.0 Å². The van der Waals surface area contributed by atoms with Gasteiger partial charge in [-0.3, -0.25) is 4.90 Å². The Labute approximate surface area is 189 Å². The number of hydrogen-bond donors (Lipinski definition) is 1. The van der Waals surface area contributed by atoms with Gasteiger partial charge in [0.15, 0.2) is 0 Å². The largest absolute Gasteiger partial charge is 0.462 e. The van der Waals surface area contributed by atoms with Gasteiger partial charge in [0.2, 0.25) is 11.7 Å². The Morgan fingerprint density at radius 3 is 2.97 bits per heavy atom. The van der Waals surface area contributed by atoms with Gasteiger partial charge < -0.3 is 14.6 Å². The molecule has 0 spiro atoms. The number of ether oxygens (including phenoxy) is 1. The maximum atomic E-state index is 11.9. The molecule has 4 heterocycles. The monoisotopic (exact) mass is 449 g/mol. The third-order valence-electron chi connectivity index (χ3n) is 5.41. The molecular formula is C23H23N5O3S. The SMILES string of the molecule is CCOC(=O)c1cc2c(s1)CN(CCNc1nccc3ccc(-c4noc(C)n4)cc13)C2. The van der Waals surface area contributed by atoms with Gasteiger partial charge in [0.1, 0.15) is 10.7 Å². The second-order valence-electron chi connectivity index (χ2n) is 7.65. The summed E-state index contributed by atoms with van der Waals surface area (Å²) in [5.74, 6) is 1.73. The second kappa shape index (κ2) is 8.68. The number of pyridine rings is 1. The van der Waals surface area contributed by atoms with Crippen molar-refractivity contribution >= 4 is 33.9 Å². The molecule has 0 fully saturated rings. The molecule has 8 nitrogen and oxygen atoms in total. The van der Waals surface area contributed by atoms with E-state index < -0.39 is 0 Å². The van der Waals surface area contributed by atoms with Crippen molar-refractivity contribution in [1.29, 1.82) is 0 Å². The molecule has 1 aliphatic rings. The number of hydrogen-bond acceptors (Lipinski definition) is 9. The molecule has 32 heavy (non-hydrogen) atoms. The zero-order valence-corrected chi connectivity index (χ0v) is 18.7. The summed E-state index contributed by atoms with van der Waals surface area (Å²) in [6.07, 6.45) is 1.81. The molecule has 4 aromatic rings. The maximum Gasteiger partial charge on any atom is 0.348 e. The first-order valence-corrected chi connectivity index (χ1v) is 11.4. The average molecular weight is 450 g/mol. The maximum absolute atomic E-state index is 11.9. The molecule has 0 radical (unpaired) electrons. The zero-order valence-electron chi connectivity index (χ0n) is 17.9. The van der Waals surface area contributed by atoms with E-state index in [1.807, 2.05) is 43.5 Å². The number of benzene rings is 1. The van der Waals surface area contributed by atoms with Gasteiger partial charge >= 0.3 is 5.97 Å². The number of aromatic nitrogens is 3. The topological polar surface area (TPSA) is 93.4 Å². The molecule has 5 rings (SSSR count). The summed E-state index contributed by atoms with van der Waals surface area (Å²) in [5, 5.41) is 9.61. The fourth-order valence-corrected chi connectivity index (χ4v) is 5.00. The number of anilines is 1. The van der Waals surface area contributed by atoms with Gasteiger partial charge in [-0.05, 0) is 36.1 Å². The van der Waals surface area contributed by atoms with E-state index in [9.17, 15) is 4.79 Å². The number of aryl methyl sites for hydroxylation is 1. The predicted octanol–water partition coefficient (Wildman–Crippen LogP) is 4.26. The average Bonchev–Trinajstić information content (AvgIpc) is 3.49. The summed E-state index contributed by atoms with van der Waals surface area (Å²) in [4.78, 5) is 25.1. The van der Waals surface area contributed by atoms with Crippen LogP contribution in [-0.4, -0.2) is 45.7 Å². The number of rotatable bonds is 7. The Morgan fingerprint density at radius 2 is 2.19 bits per heavy atom. The highest BCUT2D eigenvalue weighted by Crippen LogP contribution is 2.31. The molecule has 1 aliphatic heterocycles. The van der Waals surface area contributed by atoms with E-state index in [1.165, 1.54) is 21.8 Å². The molecule has 3 aromatic heterocycles. The highest BCUT2D eigenvalue weighted by Gasteiger charge is 2.24. The summed E-state index contributed by atoms with van der Waals surface area (Å²) >= 11 is 1.54. The minimum atomic E-state index is -0.225. The minimum absolute atomic E-state index is 0.225. The molecule has 0 amide bonds. The van der Waals surface area contributed by atoms with Crippen molar-refractivity contribution in [2.45, 2.75) is 26.9 Å². The van der Waals surface area contributed by atoms with E-state index in [4.69, 9.17) is 9.26 Å². The first-order valence-electron chi connectivity index (χ1n) is 10.5. The van der Waals surface area contributed by atoms with Crippen molar-refractivity contribution < 1.29 is 14.1 Å². The molecule has 1 aromatic carbocycles. The second-order valence-corrected chi connectivity index (χ2v) is 8.79.